The number of hydrogen-bond acceptors (Lipinski definition) is 3. The SMILES string of the molecule is Cc1cc(C)cc(C(C)N2CCOC(C(C)N)C2)c1. The van der Waals surface area contributed by atoms with Crippen molar-refractivity contribution in [1.82, 2.24) is 4.90 Å². The van der Waals surface area contributed by atoms with E-state index in [1.54, 1.807) is 0 Å². The third-order valence-corrected chi connectivity index (χ3v) is 3.99. The van der Waals surface area contributed by atoms with E-state index in [9.17, 15) is 0 Å². The number of benzene rings is 1. The van der Waals surface area contributed by atoms with Crippen molar-refractivity contribution in [2.24, 2.45) is 5.73 Å². The summed E-state index contributed by atoms with van der Waals surface area (Å²) in [6, 6.07) is 7.31. The molecule has 0 amide bonds. The molecule has 19 heavy (non-hydrogen) atoms. The molecule has 0 spiro atoms. The van der Waals surface area contributed by atoms with Crippen molar-refractivity contribution in [2.45, 2.75) is 45.9 Å². The Morgan fingerprint density at radius 2 is 1.84 bits per heavy atom. The maximum absolute atomic E-state index is 5.96. The summed E-state index contributed by atoms with van der Waals surface area (Å²) in [4.78, 5) is 2.48. The summed E-state index contributed by atoms with van der Waals surface area (Å²) in [5, 5.41) is 0. The molecule has 2 N–H and O–H groups in total. The Morgan fingerprint density at radius 1 is 1.21 bits per heavy atom. The fourth-order valence-electron chi connectivity index (χ4n) is 2.83. The normalized spacial score (nSPS) is 24.2. The van der Waals surface area contributed by atoms with E-state index in [1.165, 1.54) is 16.7 Å². The van der Waals surface area contributed by atoms with E-state index in [-0.39, 0.29) is 12.1 Å². The summed E-state index contributed by atoms with van der Waals surface area (Å²) >= 11 is 0. The largest absolute Gasteiger partial charge is 0.374 e. The van der Waals surface area contributed by atoms with Gasteiger partial charge in [-0.1, -0.05) is 29.3 Å². The molecule has 3 atom stereocenters. The van der Waals surface area contributed by atoms with Crippen LogP contribution in [0.25, 0.3) is 0 Å². The van der Waals surface area contributed by atoms with Crippen molar-refractivity contribution in [1.29, 1.82) is 0 Å². The van der Waals surface area contributed by atoms with Gasteiger partial charge in [0.15, 0.2) is 0 Å². The predicted octanol–water partition coefficient (Wildman–Crippen LogP) is 2.41. The molecule has 1 aliphatic heterocycles. The van der Waals surface area contributed by atoms with Crippen LogP contribution in [0.15, 0.2) is 18.2 Å². The summed E-state index contributed by atoms with van der Waals surface area (Å²) in [6.45, 7) is 11.3. The second-order valence-electron chi connectivity index (χ2n) is 5.86. The Hall–Kier alpha value is -0.900. The molecule has 3 unspecified atom stereocenters. The number of ether oxygens (including phenoxy) is 1. The van der Waals surface area contributed by atoms with Crippen LogP contribution in [0.4, 0.5) is 0 Å². The highest BCUT2D eigenvalue weighted by Crippen LogP contribution is 2.24. The van der Waals surface area contributed by atoms with E-state index in [0.29, 0.717) is 6.04 Å². The van der Waals surface area contributed by atoms with Crippen molar-refractivity contribution in [3.63, 3.8) is 0 Å². The van der Waals surface area contributed by atoms with Gasteiger partial charge < -0.3 is 10.5 Å². The first kappa shape index (κ1) is 14.5. The quantitative estimate of drug-likeness (QED) is 0.909. The minimum atomic E-state index is 0.0919. The minimum absolute atomic E-state index is 0.0919. The van der Waals surface area contributed by atoms with Gasteiger partial charge >= 0.3 is 0 Å². The second-order valence-corrected chi connectivity index (χ2v) is 5.86. The third kappa shape index (κ3) is 3.56. The van der Waals surface area contributed by atoms with E-state index < -0.39 is 0 Å². The molecule has 1 aromatic rings. The average Bonchev–Trinajstić information content (AvgIpc) is 2.37. The van der Waals surface area contributed by atoms with Crippen LogP contribution in [0.3, 0.4) is 0 Å². The first-order valence-electron chi connectivity index (χ1n) is 7.17. The first-order valence-corrected chi connectivity index (χ1v) is 7.17. The van der Waals surface area contributed by atoms with Crippen LogP contribution in [0, 0.1) is 13.8 Å². The molecule has 0 saturated carbocycles. The van der Waals surface area contributed by atoms with E-state index in [0.717, 1.165) is 19.7 Å². The Labute approximate surface area is 116 Å². The fraction of sp³-hybridized carbons (Fsp3) is 0.625. The lowest BCUT2D eigenvalue weighted by atomic mass is 10.00. The number of nitrogens with zero attached hydrogens (tertiary/aromatic N) is 1. The molecule has 1 saturated heterocycles. The van der Waals surface area contributed by atoms with Gasteiger partial charge in [0, 0.05) is 25.2 Å². The topological polar surface area (TPSA) is 38.5 Å². The van der Waals surface area contributed by atoms with E-state index in [1.807, 2.05) is 6.92 Å². The highest BCUT2D eigenvalue weighted by molar-refractivity contribution is 5.30. The first-order chi connectivity index (χ1) is 8.97. The van der Waals surface area contributed by atoms with Gasteiger partial charge in [0.2, 0.25) is 0 Å². The van der Waals surface area contributed by atoms with Crippen LogP contribution in [0.1, 0.15) is 36.6 Å². The number of rotatable bonds is 3. The molecule has 106 valence electrons. The van der Waals surface area contributed by atoms with Crippen LogP contribution in [-0.2, 0) is 4.74 Å². The molecule has 0 bridgehead atoms. The van der Waals surface area contributed by atoms with E-state index >= 15 is 0 Å². The van der Waals surface area contributed by atoms with Gasteiger partial charge in [-0.3, -0.25) is 4.90 Å². The summed E-state index contributed by atoms with van der Waals surface area (Å²) in [5.41, 5.74) is 10.0. The van der Waals surface area contributed by atoms with Gasteiger partial charge in [-0.15, -0.1) is 0 Å². The van der Waals surface area contributed by atoms with Gasteiger partial charge in [0.25, 0.3) is 0 Å². The lowest BCUT2D eigenvalue weighted by molar-refractivity contribution is -0.0498. The Morgan fingerprint density at radius 3 is 2.42 bits per heavy atom. The molecule has 3 heteroatoms. The van der Waals surface area contributed by atoms with Gasteiger partial charge in [-0.05, 0) is 33.3 Å². The zero-order valence-electron chi connectivity index (χ0n) is 12.5. The zero-order valence-corrected chi connectivity index (χ0v) is 12.5. The summed E-state index contributed by atoms with van der Waals surface area (Å²) in [5.74, 6) is 0. The number of morpholine rings is 1. The molecular weight excluding hydrogens is 236 g/mol. The van der Waals surface area contributed by atoms with Crippen LogP contribution in [0.5, 0.6) is 0 Å². The van der Waals surface area contributed by atoms with Crippen molar-refractivity contribution in [2.75, 3.05) is 19.7 Å². The van der Waals surface area contributed by atoms with Gasteiger partial charge in [0.1, 0.15) is 0 Å². The monoisotopic (exact) mass is 262 g/mol. The second kappa shape index (κ2) is 6.04. The van der Waals surface area contributed by atoms with Gasteiger partial charge in [0.05, 0.1) is 12.7 Å². The third-order valence-electron chi connectivity index (χ3n) is 3.99. The van der Waals surface area contributed by atoms with Crippen LogP contribution < -0.4 is 5.73 Å². The summed E-state index contributed by atoms with van der Waals surface area (Å²) in [6.07, 6.45) is 0.155. The van der Waals surface area contributed by atoms with Crippen molar-refractivity contribution < 1.29 is 4.74 Å². The Kier molecular flexibility index (Phi) is 4.61. The van der Waals surface area contributed by atoms with Crippen LogP contribution in [0.2, 0.25) is 0 Å². The van der Waals surface area contributed by atoms with Crippen LogP contribution >= 0.6 is 0 Å². The Balaban J connectivity index is 2.12. The maximum atomic E-state index is 5.96. The molecule has 0 aromatic heterocycles. The van der Waals surface area contributed by atoms with Gasteiger partial charge in [-0.2, -0.15) is 0 Å². The number of nitrogens with two attached hydrogens (primary N) is 1. The lowest BCUT2D eigenvalue weighted by Gasteiger charge is -2.38. The smallest absolute Gasteiger partial charge is 0.0850 e. The predicted molar refractivity (Wildman–Crippen MR) is 79.3 cm³/mol. The standard InChI is InChI=1S/C16H26N2O/c1-11-7-12(2)9-15(8-11)14(4)18-5-6-19-16(10-18)13(3)17/h7-9,13-14,16H,5-6,10,17H2,1-4H3. The summed E-state index contributed by atoms with van der Waals surface area (Å²) in [7, 11) is 0. The minimum Gasteiger partial charge on any atom is -0.374 e. The highest BCUT2D eigenvalue weighted by Gasteiger charge is 2.27. The van der Waals surface area contributed by atoms with E-state index in [4.69, 9.17) is 10.5 Å². The lowest BCUT2D eigenvalue weighted by Crippen LogP contribution is -2.50. The fourth-order valence-corrected chi connectivity index (χ4v) is 2.83. The molecule has 0 radical (unpaired) electrons. The number of aryl methyl sites for hydroxylation is 2. The highest BCUT2D eigenvalue weighted by atomic mass is 16.5. The molecular formula is C16H26N2O. The summed E-state index contributed by atoms with van der Waals surface area (Å²) < 4.78 is 5.74. The molecule has 1 fully saturated rings. The molecule has 0 aliphatic carbocycles. The zero-order chi connectivity index (χ0) is 14.0. The number of hydrogen-bond donors (Lipinski definition) is 1. The Bertz CT molecular complexity index is 411. The van der Waals surface area contributed by atoms with Crippen molar-refractivity contribution in [3.8, 4) is 0 Å². The van der Waals surface area contributed by atoms with E-state index in [2.05, 4.69) is 43.9 Å². The maximum Gasteiger partial charge on any atom is 0.0850 e. The van der Waals surface area contributed by atoms with Crippen LogP contribution in [-0.4, -0.2) is 36.7 Å². The molecule has 1 aromatic carbocycles. The van der Waals surface area contributed by atoms with Crippen molar-refractivity contribution in [3.05, 3.63) is 34.9 Å². The van der Waals surface area contributed by atoms with Crippen molar-refractivity contribution >= 4 is 0 Å². The molecule has 2 rings (SSSR count). The van der Waals surface area contributed by atoms with Gasteiger partial charge in [-0.25, -0.2) is 0 Å². The molecule has 1 aliphatic rings. The molecule has 3 nitrogen and oxygen atoms in total. The molecule has 1 heterocycles. The average molecular weight is 262 g/mol.